The van der Waals surface area contributed by atoms with Crippen LogP contribution in [0.4, 0.5) is 0 Å². The molecule has 2 rings (SSSR count). The van der Waals surface area contributed by atoms with Crippen molar-refractivity contribution in [2.75, 3.05) is 0 Å². The zero-order valence-electron chi connectivity index (χ0n) is 11.6. The van der Waals surface area contributed by atoms with E-state index in [2.05, 4.69) is 37.9 Å². The van der Waals surface area contributed by atoms with Crippen LogP contribution in [0.3, 0.4) is 0 Å². The molecule has 0 radical (unpaired) electrons. The predicted octanol–water partition coefficient (Wildman–Crippen LogP) is 3.35. The van der Waals surface area contributed by atoms with Gasteiger partial charge in [-0.15, -0.1) is 0 Å². The van der Waals surface area contributed by atoms with Gasteiger partial charge in [-0.05, 0) is 16.3 Å². The van der Waals surface area contributed by atoms with Crippen LogP contribution < -0.4 is 5.19 Å². The van der Waals surface area contributed by atoms with Crippen molar-refractivity contribution in [2.24, 2.45) is 0 Å². The highest BCUT2D eigenvalue weighted by Crippen LogP contribution is 2.24. The number of rotatable bonds is 4. The summed E-state index contributed by atoms with van der Waals surface area (Å²) in [7, 11) is -1.84. The van der Waals surface area contributed by atoms with Crippen LogP contribution in [0, 0.1) is 0 Å². The van der Waals surface area contributed by atoms with Crippen molar-refractivity contribution >= 4 is 18.5 Å². The average molecular weight is 268 g/mol. The SMILES string of the molecule is C=C(c1ccccc1)[Si](C)(C)c1ccccc1CO. The van der Waals surface area contributed by atoms with Gasteiger partial charge in [-0.25, -0.2) is 0 Å². The van der Waals surface area contributed by atoms with Crippen molar-refractivity contribution in [3.8, 4) is 0 Å². The molecule has 2 aromatic rings. The first-order valence-corrected chi connectivity index (χ1v) is 9.51. The van der Waals surface area contributed by atoms with E-state index in [0.717, 1.165) is 5.56 Å². The van der Waals surface area contributed by atoms with E-state index in [1.54, 1.807) is 0 Å². The molecule has 0 saturated heterocycles. The summed E-state index contributed by atoms with van der Waals surface area (Å²) in [5.41, 5.74) is 2.23. The lowest BCUT2D eigenvalue weighted by molar-refractivity contribution is 0.283. The fourth-order valence-corrected chi connectivity index (χ4v) is 5.12. The molecule has 0 unspecified atom stereocenters. The number of aliphatic hydroxyl groups is 1. The molecule has 0 aliphatic heterocycles. The molecule has 19 heavy (non-hydrogen) atoms. The van der Waals surface area contributed by atoms with E-state index in [-0.39, 0.29) is 6.61 Å². The van der Waals surface area contributed by atoms with E-state index in [4.69, 9.17) is 0 Å². The van der Waals surface area contributed by atoms with Crippen LogP contribution in [0.2, 0.25) is 13.1 Å². The molecular weight excluding hydrogens is 248 g/mol. The van der Waals surface area contributed by atoms with Gasteiger partial charge in [0.1, 0.15) is 8.07 Å². The lowest BCUT2D eigenvalue weighted by atomic mass is 10.2. The Labute approximate surface area is 116 Å². The molecule has 0 spiro atoms. The number of aliphatic hydroxyl groups excluding tert-OH is 1. The van der Waals surface area contributed by atoms with Gasteiger partial charge in [-0.1, -0.05) is 79.5 Å². The Morgan fingerprint density at radius 2 is 1.58 bits per heavy atom. The van der Waals surface area contributed by atoms with Crippen LogP contribution in [-0.4, -0.2) is 13.2 Å². The maximum absolute atomic E-state index is 9.53. The van der Waals surface area contributed by atoms with Gasteiger partial charge in [0.15, 0.2) is 0 Å². The van der Waals surface area contributed by atoms with Crippen molar-refractivity contribution in [3.63, 3.8) is 0 Å². The van der Waals surface area contributed by atoms with E-state index in [1.165, 1.54) is 15.9 Å². The first-order chi connectivity index (χ1) is 9.07. The molecule has 2 aromatic carbocycles. The van der Waals surface area contributed by atoms with E-state index in [1.807, 2.05) is 36.4 Å². The molecule has 0 fully saturated rings. The molecule has 0 aromatic heterocycles. The summed E-state index contributed by atoms with van der Waals surface area (Å²) in [6, 6.07) is 18.5. The summed E-state index contributed by atoms with van der Waals surface area (Å²) in [6.45, 7) is 9.00. The van der Waals surface area contributed by atoms with Crippen molar-refractivity contribution in [3.05, 3.63) is 72.3 Å². The third-order valence-electron chi connectivity index (χ3n) is 3.74. The predicted molar refractivity (Wildman–Crippen MR) is 85.0 cm³/mol. The number of hydrogen-bond donors (Lipinski definition) is 1. The maximum atomic E-state index is 9.53. The molecule has 0 heterocycles. The smallest absolute Gasteiger partial charge is 0.112 e. The van der Waals surface area contributed by atoms with Crippen molar-refractivity contribution in [1.82, 2.24) is 0 Å². The quantitative estimate of drug-likeness (QED) is 0.843. The summed E-state index contributed by atoms with van der Waals surface area (Å²) >= 11 is 0. The third kappa shape index (κ3) is 2.70. The minimum absolute atomic E-state index is 0.0919. The highest BCUT2D eigenvalue weighted by atomic mass is 28.3. The fourth-order valence-electron chi connectivity index (χ4n) is 2.43. The Bertz CT molecular complexity index is 573. The monoisotopic (exact) mass is 268 g/mol. The van der Waals surface area contributed by atoms with Gasteiger partial charge in [0.05, 0.1) is 6.61 Å². The lowest BCUT2D eigenvalue weighted by Crippen LogP contribution is -2.44. The van der Waals surface area contributed by atoms with Gasteiger partial charge in [-0.3, -0.25) is 0 Å². The molecule has 0 aliphatic rings. The third-order valence-corrected chi connectivity index (χ3v) is 7.37. The molecule has 0 amide bonds. The second kappa shape index (κ2) is 5.55. The van der Waals surface area contributed by atoms with Gasteiger partial charge < -0.3 is 5.11 Å². The molecule has 0 bridgehead atoms. The summed E-state index contributed by atoms with van der Waals surface area (Å²) in [6.07, 6.45) is 0. The zero-order chi connectivity index (χ0) is 13.9. The van der Waals surface area contributed by atoms with Gasteiger partial charge in [0.25, 0.3) is 0 Å². The molecule has 0 saturated carbocycles. The van der Waals surface area contributed by atoms with Crippen molar-refractivity contribution in [2.45, 2.75) is 19.7 Å². The Morgan fingerprint density at radius 1 is 1.00 bits per heavy atom. The van der Waals surface area contributed by atoms with Gasteiger partial charge in [-0.2, -0.15) is 0 Å². The minimum Gasteiger partial charge on any atom is -0.392 e. The normalized spacial score (nSPS) is 11.3. The van der Waals surface area contributed by atoms with Crippen LogP contribution in [0.5, 0.6) is 0 Å². The first-order valence-electron chi connectivity index (χ1n) is 6.51. The second-order valence-electron chi connectivity index (χ2n) is 5.28. The van der Waals surface area contributed by atoms with E-state index in [9.17, 15) is 5.11 Å². The van der Waals surface area contributed by atoms with Crippen LogP contribution >= 0.6 is 0 Å². The molecular formula is C17H20OSi. The van der Waals surface area contributed by atoms with Gasteiger partial charge in [0.2, 0.25) is 0 Å². The summed E-state index contributed by atoms with van der Waals surface area (Å²) in [4.78, 5) is 0. The molecule has 1 nitrogen and oxygen atoms in total. The summed E-state index contributed by atoms with van der Waals surface area (Å²) in [5, 5.41) is 12.0. The standard InChI is InChI=1S/C17H20OSi/c1-14(15-9-5-4-6-10-15)19(2,3)17-12-8-7-11-16(17)13-18/h4-12,18H,1,13H2,2-3H3. The highest BCUT2D eigenvalue weighted by molar-refractivity contribution is 7.04. The molecule has 98 valence electrons. The van der Waals surface area contributed by atoms with E-state index < -0.39 is 8.07 Å². The van der Waals surface area contributed by atoms with Gasteiger partial charge >= 0.3 is 0 Å². The van der Waals surface area contributed by atoms with Crippen LogP contribution in [-0.2, 0) is 6.61 Å². The van der Waals surface area contributed by atoms with E-state index >= 15 is 0 Å². The first kappa shape index (κ1) is 13.8. The topological polar surface area (TPSA) is 20.2 Å². The highest BCUT2D eigenvalue weighted by Gasteiger charge is 2.29. The zero-order valence-corrected chi connectivity index (χ0v) is 12.6. The second-order valence-corrected chi connectivity index (χ2v) is 9.68. The molecule has 2 heteroatoms. The van der Waals surface area contributed by atoms with E-state index in [0.29, 0.717) is 0 Å². The Morgan fingerprint density at radius 3 is 2.21 bits per heavy atom. The maximum Gasteiger partial charge on any atom is 0.112 e. The molecule has 1 N–H and O–H groups in total. The Kier molecular flexibility index (Phi) is 4.03. The van der Waals surface area contributed by atoms with Crippen LogP contribution in [0.15, 0.2) is 61.2 Å². The van der Waals surface area contributed by atoms with Crippen molar-refractivity contribution in [1.29, 1.82) is 0 Å². The number of hydrogen-bond acceptors (Lipinski definition) is 1. The summed E-state index contributed by atoms with van der Waals surface area (Å²) in [5.74, 6) is 0. The minimum atomic E-state index is -1.84. The fraction of sp³-hybridized carbons (Fsp3) is 0.176. The Hall–Kier alpha value is -1.64. The Balaban J connectivity index is 2.45. The van der Waals surface area contributed by atoms with Crippen molar-refractivity contribution < 1.29 is 5.11 Å². The molecule has 0 aliphatic carbocycles. The van der Waals surface area contributed by atoms with Crippen LogP contribution in [0.25, 0.3) is 5.20 Å². The lowest BCUT2D eigenvalue weighted by Gasteiger charge is -2.28. The number of benzene rings is 2. The average Bonchev–Trinajstić information content (AvgIpc) is 2.47. The molecule has 0 atom stereocenters. The van der Waals surface area contributed by atoms with Gasteiger partial charge in [0, 0.05) is 0 Å². The largest absolute Gasteiger partial charge is 0.392 e. The van der Waals surface area contributed by atoms with Crippen LogP contribution in [0.1, 0.15) is 11.1 Å². The summed E-state index contributed by atoms with van der Waals surface area (Å²) < 4.78 is 0.